The molecule has 0 saturated heterocycles. The molecular weight excluding hydrogens is 626 g/mol. The van der Waals surface area contributed by atoms with Gasteiger partial charge in [0.2, 0.25) is 0 Å². The quantitative estimate of drug-likeness (QED) is 0.141. The summed E-state index contributed by atoms with van der Waals surface area (Å²) in [6, 6.07) is 0. The highest BCUT2D eigenvalue weighted by atomic mass is 19.4. The Morgan fingerprint density at radius 1 is 0.714 bits per heavy atom. The van der Waals surface area contributed by atoms with E-state index in [1.807, 2.05) is 0 Å². The van der Waals surface area contributed by atoms with Crippen LogP contribution < -0.4 is 0 Å². The lowest BCUT2D eigenvalue weighted by atomic mass is 9.50. The molecule has 0 aliphatic heterocycles. The molecule has 4 bridgehead atoms. The van der Waals surface area contributed by atoms with Crippen molar-refractivity contribution in [3.05, 3.63) is 12.2 Å². The minimum Gasteiger partial charge on any atom is -0.456 e. The number of alkyl halides is 14. The van der Waals surface area contributed by atoms with E-state index in [2.05, 4.69) is 16.1 Å². The van der Waals surface area contributed by atoms with E-state index in [0.29, 0.717) is 0 Å². The Labute approximate surface area is 225 Å². The van der Waals surface area contributed by atoms with E-state index in [9.17, 15) is 75.8 Å². The van der Waals surface area contributed by atoms with E-state index < -0.39 is 102 Å². The largest absolute Gasteiger partial charge is 0.460 e. The van der Waals surface area contributed by atoms with Gasteiger partial charge in [0, 0.05) is 17.9 Å². The van der Waals surface area contributed by atoms with Gasteiger partial charge in [-0.05, 0) is 38.5 Å². The molecule has 0 aromatic heterocycles. The standard InChI is InChI=1S/C22H18F14O6/c1-8(2)12(37)41-15-4-9-3-10(6-15)11(40-13(38)17(23,24)19(27,28)21(31,32)33)16(5-9,7-15)42-14(39)18(25,26)20(29,30)22(34,35)36/h9-11H,1,3-7H2,2H3. The van der Waals surface area contributed by atoms with E-state index >= 15 is 0 Å². The molecule has 240 valence electrons. The van der Waals surface area contributed by atoms with E-state index in [4.69, 9.17) is 4.74 Å². The molecule has 0 radical (unpaired) electrons. The average Bonchev–Trinajstić information content (AvgIpc) is 2.78. The predicted molar refractivity (Wildman–Crippen MR) is 104 cm³/mol. The van der Waals surface area contributed by atoms with Gasteiger partial charge in [-0.25, -0.2) is 14.4 Å². The van der Waals surface area contributed by atoms with E-state index in [1.165, 1.54) is 0 Å². The Kier molecular flexibility index (Phi) is 7.68. The maximum atomic E-state index is 14.2. The smallest absolute Gasteiger partial charge is 0.456 e. The van der Waals surface area contributed by atoms with Crippen LogP contribution in [0.1, 0.15) is 39.0 Å². The summed E-state index contributed by atoms with van der Waals surface area (Å²) in [5, 5.41) is 0. The minimum absolute atomic E-state index is 0.208. The van der Waals surface area contributed by atoms with Crippen molar-refractivity contribution >= 4 is 17.9 Å². The van der Waals surface area contributed by atoms with Gasteiger partial charge in [0.1, 0.15) is 11.7 Å². The van der Waals surface area contributed by atoms with Crippen LogP contribution in [-0.4, -0.2) is 71.3 Å². The van der Waals surface area contributed by atoms with Gasteiger partial charge in [-0.15, -0.1) is 0 Å². The highest BCUT2D eigenvalue weighted by Crippen LogP contribution is 2.62. The summed E-state index contributed by atoms with van der Waals surface area (Å²) in [6.07, 6.45) is -20.0. The Morgan fingerprint density at radius 3 is 1.64 bits per heavy atom. The van der Waals surface area contributed by atoms with Gasteiger partial charge in [-0.2, -0.15) is 61.5 Å². The van der Waals surface area contributed by atoms with Gasteiger partial charge in [-0.1, -0.05) is 6.58 Å². The minimum atomic E-state index is -7.09. The Balaban J connectivity index is 2.07. The van der Waals surface area contributed by atoms with Crippen LogP contribution >= 0.6 is 0 Å². The molecule has 0 aromatic rings. The van der Waals surface area contributed by atoms with Crippen LogP contribution in [0.2, 0.25) is 0 Å². The summed E-state index contributed by atoms with van der Waals surface area (Å²) in [7, 11) is 0. The highest BCUT2D eigenvalue weighted by molar-refractivity contribution is 5.87. The van der Waals surface area contributed by atoms with Gasteiger partial charge in [0.05, 0.1) is 0 Å². The van der Waals surface area contributed by atoms with Crippen LogP contribution in [0.5, 0.6) is 0 Å². The number of carbonyl (C=O) groups is 3. The molecule has 4 rings (SSSR count). The topological polar surface area (TPSA) is 78.9 Å². The molecule has 4 aliphatic carbocycles. The van der Waals surface area contributed by atoms with Crippen molar-refractivity contribution in [2.24, 2.45) is 11.8 Å². The number of hydrogen-bond acceptors (Lipinski definition) is 6. The summed E-state index contributed by atoms with van der Waals surface area (Å²) in [5.74, 6) is -38.5. The third-order valence-corrected chi connectivity index (χ3v) is 7.33. The molecule has 0 aromatic carbocycles. The first-order chi connectivity index (χ1) is 18.6. The molecule has 0 heterocycles. The molecule has 42 heavy (non-hydrogen) atoms. The molecule has 20 heteroatoms. The first kappa shape index (κ1) is 33.7. The summed E-state index contributed by atoms with van der Waals surface area (Å²) in [5.41, 5.74) is -5.34. The van der Waals surface area contributed by atoms with Crippen LogP contribution in [0.15, 0.2) is 12.2 Å². The highest BCUT2D eigenvalue weighted by Gasteiger charge is 2.80. The second kappa shape index (κ2) is 9.59. The number of hydrogen-bond donors (Lipinski definition) is 0. The molecule has 4 fully saturated rings. The molecule has 0 spiro atoms. The summed E-state index contributed by atoms with van der Waals surface area (Å²) in [6.45, 7) is 4.38. The summed E-state index contributed by atoms with van der Waals surface area (Å²) >= 11 is 0. The first-order valence-corrected chi connectivity index (χ1v) is 11.5. The molecule has 5 atom stereocenters. The van der Waals surface area contributed by atoms with Gasteiger partial charge in [0.15, 0.2) is 5.60 Å². The Bertz CT molecular complexity index is 1160. The van der Waals surface area contributed by atoms with Crippen molar-refractivity contribution in [3.63, 3.8) is 0 Å². The van der Waals surface area contributed by atoms with Crippen LogP contribution in [0.4, 0.5) is 61.5 Å². The third-order valence-electron chi connectivity index (χ3n) is 7.33. The predicted octanol–water partition coefficient (Wildman–Crippen LogP) is 5.93. The van der Waals surface area contributed by atoms with Crippen molar-refractivity contribution < 1.29 is 90.1 Å². The van der Waals surface area contributed by atoms with Crippen LogP contribution in [0, 0.1) is 11.8 Å². The second-order valence-corrected chi connectivity index (χ2v) is 10.6. The van der Waals surface area contributed by atoms with E-state index in [1.54, 1.807) is 0 Å². The zero-order valence-corrected chi connectivity index (χ0v) is 20.7. The number of halogens is 14. The van der Waals surface area contributed by atoms with Crippen molar-refractivity contribution in [3.8, 4) is 0 Å². The zero-order chi connectivity index (χ0) is 32.7. The van der Waals surface area contributed by atoms with E-state index in [-0.39, 0.29) is 18.4 Å². The maximum absolute atomic E-state index is 14.2. The van der Waals surface area contributed by atoms with Crippen molar-refractivity contribution in [2.45, 2.75) is 92.4 Å². The SMILES string of the molecule is C=C(C)C(=O)OC12CC3CC(C1)C(OC(=O)C(F)(F)C(F)(F)C(F)(F)F)C(OC(=O)C(F)(F)C(F)(F)C(F)(F)F)(C3)C2. The third kappa shape index (κ3) is 5.05. The lowest BCUT2D eigenvalue weighted by Crippen LogP contribution is -2.71. The lowest BCUT2D eigenvalue weighted by Gasteiger charge is -2.62. The van der Waals surface area contributed by atoms with Gasteiger partial charge in [-0.3, -0.25) is 0 Å². The lowest BCUT2D eigenvalue weighted by molar-refractivity contribution is -0.358. The van der Waals surface area contributed by atoms with Crippen molar-refractivity contribution in [1.29, 1.82) is 0 Å². The number of esters is 3. The van der Waals surface area contributed by atoms with Gasteiger partial charge < -0.3 is 14.2 Å². The van der Waals surface area contributed by atoms with Crippen LogP contribution in [-0.2, 0) is 28.6 Å². The molecule has 6 nitrogen and oxygen atoms in total. The monoisotopic (exact) mass is 644 g/mol. The molecule has 5 unspecified atom stereocenters. The second-order valence-electron chi connectivity index (χ2n) is 10.6. The Hall–Kier alpha value is -2.83. The van der Waals surface area contributed by atoms with Crippen molar-refractivity contribution in [1.82, 2.24) is 0 Å². The van der Waals surface area contributed by atoms with Gasteiger partial charge in [0.25, 0.3) is 0 Å². The Morgan fingerprint density at radius 2 is 1.19 bits per heavy atom. The van der Waals surface area contributed by atoms with Crippen LogP contribution in [0.25, 0.3) is 0 Å². The molecule has 4 aliphatic rings. The number of ether oxygens (including phenoxy) is 3. The fraction of sp³-hybridized carbons (Fsp3) is 0.773. The first-order valence-electron chi connectivity index (χ1n) is 11.5. The fourth-order valence-corrected chi connectivity index (χ4v) is 5.76. The maximum Gasteiger partial charge on any atom is 0.460 e. The summed E-state index contributed by atoms with van der Waals surface area (Å²) < 4.78 is 200. The number of rotatable bonds is 8. The molecule has 0 N–H and O–H groups in total. The molecule has 4 saturated carbocycles. The van der Waals surface area contributed by atoms with Crippen LogP contribution in [0.3, 0.4) is 0 Å². The molecular formula is C22H18F14O6. The summed E-state index contributed by atoms with van der Waals surface area (Å²) in [4.78, 5) is 36.4. The van der Waals surface area contributed by atoms with Crippen molar-refractivity contribution in [2.75, 3.05) is 0 Å². The fourth-order valence-electron chi connectivity index (χ4n) is 5.76. The normalized spacial score (nSPS) is 30.1. The zero-order valence-electron chi connectivity index (χ0n) is 20.7. The van der Waals surface area contributed by atoms with E-state index in [0.717, 1.165) is 6.92 Å². The molecule has 0 amide bonds. The van der Waals surface area contributed by atoms with Gasteiger partial charge >= 0.3 is 54.0 Å². The average molecular weight is 644 g/mol. The number of carbonyl (C=O) groups excluding carboxylic acids is 3.